The molecule has 0 heterocycles. The number of hydrogen-bond acceptors (Lipinski definition) is 5. The predicted molar refractivity (Wildman–Crippen MR) is 77.5 cm³/mol. The molecule has 0 unspecified atom stereocenters. The Hall–Kier alpha value is -1.24. The van der Waals surface area contributed by atoms with Crippen molar-refractivity contribution in [2.75, 3.05) is 25.2 Å². The highest BCUT2D eigenvalue weighted by atomic mass is 32.2. The van der Waals surface area contributed by atoms with Crippen LogP contribution in [0.4, 0.5) is 4.79 Å². The second-order valence-corrected chi connectivity index (χ2v) is 6.04. The Labute approximate surface area is 123 Å². The maximum absolute atomic E-state index is 11.5. The fourth-order valence-electron chi connectivity index (χ4n) is 1.73. The van der Waals surface area contributed by atoms with E-state index in [2.05, 4.69) is 15.4 Å². The lowest BCUT2D eigenvalue weighted by Gasteiger charge is -2.12. The van der Waals surface area contributed by atoms with E-state index in [1.54, 1.807) is 0 Å². The molecule has 1 aliphatic carbocycles. The second kappa shape index (κ2) is 8.14. The highest BCUT2D eigenvalue weighted by Crippen LogP contribution is 2.51. The molecule has 0 atom stereocenters. The van der Waals surface area contributed by atoms with Gasteiger partial charge in [0.05, 0.1) is 19.3 Å². The summed E-state index contributed by atoms with van der Waals surface area (Å²) in [7, 11) is 1.38. The van der Waals surface area contributed by atoms with Crippen molar-refractivity contribution in [1.82, 2.24) is 10.6 Å². The predicted octanol–water partition coefficient (Wildman–Crippen LogP) is 1.30. The number of rotatable bonds is 8. The van der Waals surface area contributed by atoms with Crippen LogP contribution in [0.3, 0.4) is 0 Å². The number of methoxy groups -OCH3 is 1. The van der Waals surface area contributed by atoms with Crippen molar-refractivity contribution >= 4 is 29.7 Å². The summed E-state index contributed by atoms with van der Waals surface area (Å²) in [6.07, 6.45) is 3.23. The standard InChI is InChI=1S/C13H22N2O4S/c1-3-6-14-12(18)15-10(16)8-20-9-13(4-5-13)7-11(17)19-2/h3-9H2,1-2H3,(H2,14,15,16,18). The number of amides is 3. The number of imide groups is 1. The summed E-state index contributed by atoms with van der Waals surface area (Å²) in [6.45, 7) is 2.49. The van der Waals surface area contributed by atoms with Crippen molar-refractivity contribution in [3.8, 4) is 0 Å². The van der Waals surface area contributed by atoms with Gasteiger partial charge in [0.1, 0.15) is 0 Å². The number of hydrogen-bond donors (Lipinski definition) is 2. The quantitative estimate of drug-likeness (QED) is 0.660. The SMILES string of the molecule is CCCNC(=O)NC(=O)CSCC1(CC(=O)OC)CC1. The molecule has 7 heteroatoms. The zero-order valence-electron chi connectivity index (χ0n) is 12.0. The molecule has 0 aromatic rings. The first-order valence-electron chi connectivity index (χ1n) is 6.73. The van der Waals surface area contributed by atoms with Crippen molar-refractivity contribution in [2.45, 2.75) is 32.6 Å². The van der Waals surface area contributed by atoms with Crippen molar-refractivity contribution in [1.29, 1.82) is 0 Å². The van der Waals surface area contributed by atoms with Crippen LogP contribution in [0.2, 0.25) is 0 Å². The van der Waals surface area contributed by atoms with E-state index in [1.807, 2.05) is 6.92 Å². The zero-order chi connectivity index (χ0) is 15.0. The van der Waals surface area contributed by atoms with Gasteiger partial charge in [-0.05, 0) is 30.4 Å². The number of thioether (sulfide) groups is 1. The summed E-state index contributed by atoms with van der Waals surface area (Å²) >= 11 is 1.45. The minimum atomic E-state index is -0.451. The van der Waals surface area contributed by atoms with E-state index >= 15 is 0 Å². The summed E-state index contributed by atoms with van der Waals surface area (Å²) in [5, 5.41) is 4.85. The lowest BCUT2D eigenvalue weighted by Crippen LogP contribution is -2.40. The van der Waals surface area contributed by atoms with Crippen LogP contribution < -0.4 is 10.6 Å². The van der Waals surface area contributed by atoms with Gasteiger partial charge < -0.3 is 10.1 Å². The fourth-order valence-corrected chi connectivity index (χ4v) is 2.92. The van der Waals surface area contributed by atoms with E-state index in [-0.39, 0.29) is 23.0 Å². The summed E-state index contributed by atoms with van der Waals surface area (Å²) in [5.41, 5.74) is 0.00249. The normalized spacial score (nSPS) is 15.3. The number of urea groups is 1. The molecule has 1 aliphatic rings. The van der Waals surface area contributed by atoms with Gasteiger partial charge in [0.15, 0.2) is 0 Å². The minimum Gasteiger partial charge on any atom is -0.469 e. The summed E-state index contributed by atoms with van der Waals surface area (Å²) in [6, 6.07) is -0.451. The molecule has 1 fully saturated rings. The van der Waals surface area contributed by atoms with E-state index in [0.717, 1.165) is 25.0 Å². The number of carbonyl (C=O) groups excluding carboxylic acids is 3. The van der Waals surface area contributed by atoms with Crippen LogP contribution in [0.5, 0.6) is 0 Å². The topological polar surface area (TPSA) is 84.5 Å². The molecule has 0 saturated heterocycles. The molecule has 0 aliphatic heterocycles. The average molecular weight is 302 g/mol. The van der Waals surface area contributed by atoms with E-state index in [9.17, 15) is 14.4 Å². The summed E-state index contributed by atoms with van der Waals surface area (Å²) in [5.74, 6) is 0.457. The first kappa shape index (κ1) is 16.8. The molecular formula is C13H22N2O4S. The first-order chi connectivity index (χ1) is 9.51. The number of esters is 1. The summed E-state index contributed by atoms with van der Waals surface area (Å²) < 4.78 is 4.66. The van der Waals surface area contributed by atoms with Gasteiger partial charge in [0.25, 0.3) is 0 Å². The van der Waals surface area contributed by atoms with Crippen LogP contribution in [0.15, 0.2) is 0 Å². The monoisotopic (exact) mass is 302 g/mol. The van der Waals surface area contributed by atoms with Gasteiger partial charge in [-0.1, -0.05) is 6.92 Å². The molecule has 0 radical (unpaired) electrons. The maximum atomic E-state index is 11.5. The van der Waals surface area contributed by atoms with E-state index < -0.39 is 6.03 Å². The molecule has 20 heavy (non-hydrogen) atoms. The Kier molecular flexibility index (Phi) is 6.84. The van der Waals surface area contributed by atoms with Gasteiger partial charge in [0, 0.05) is 6.54 Å². The summed E-state index contributed by atoms with van der Waals surface area (Å²) in [4.78, 5) is 34.0. The Morgan fingerprint density at radius 3 is 2.55 bits per heavy atom. The minimum absolute atomic E-state index is 0.00249. The van der Waals surface area contributed by atoms with Crippen LogP contribution in [-0.4, -0.2) is 43.1 Å². The van der Waals surface area contributed by atoms with Crippen LogP contribution in [0, 0.1) is 5.41 Å². The van der Waals surface area contributed by atoms with E-state index in [0.29, 0.717) is 13.0 Å². The lowest BCUT2D eigenvalue weighted by atomic mass is 10.1. The van der Waals surface area contributed by atoms with Gasteiger partial charge in [-0.2, -0.15) is 11.8 Å². The molecule has 0 aromatic heterocycles. The highest BCUT2D eigenvalue weighted by Gasteiger charge is 2.44. The third kappa shape index (κ3) is 6.27. The first-order valence-corrected chi connectivity index (χ1v) is 7.89. The molecule has 0 spiro atoms. The number of nitrogens with one attached hydrogen (secondary N) is 2. The number of ether oxygens (including phenoxy) is 1. The largest absolute Gasteiger partial charge is 0.469 e. The number of carbonyl (C=O) groups is 3. The molecule has 0 aromatic carbocycles. The molecule has 1 saturated carbocycles. The molecule has 6 nitrogen and oxygen atoms in total. The molecule has 114 valence electrons. The third-order valence-electron chi connectivity index (χ3n) is 3.13. The van der Waals surface area contributed by atoms with Crippen molar-refractivity contribution in [3.63, 3.8) is 0 Å². The van der Waals surface area contributed by atoms with Crippen molar-refractivity contribution < 1.29 is 19.1 Å². The molecule has 3 amide bonds. The van der Waals surface area contributed by atoms with E-state index in [4.69, 9.17) is 0 Å². The molecule has 1 rings (SSSR count). The Morgan fingerprint density at radius 1 is 1.30 bits per heavy atom. The van der Waals surface area contributed by atoms with Crippen LogP contribution >= 0.6 is 11.8 Å². The highest BCUT2D eigenvalue weighted by molar-refractivity contribution is 8.00. The zero-order valence-corrected chi connectivity index (χ0v) is 12.8. The van der Waals surface area contributed by atoms with Crippen molar-refractivity contribution in [3.05, 3.63) is 0 Å². The maximum Gasteiger partial charge on any atom is 0.321 e. The molecule has 2 N–H and O–H groups in total. The fraction of sp³-hybridized carbons (Fsp3) is 0.769. The second-order valence-electron chi connectivity index (χ2n) is 5.05. The van der Waals surface area contributed by atoms with Gasteiger partial charge in [-0.15, -0.1) is 0 Å². The lowest BCUT2D eigenvalue weighted by molar-refractivity contribution is -0.141. The molecule has 0 bridgehead atoms. The Bertz CT molecular complexity index is 369. The third-order valence-corrected chi connectivity index (χ3v) is 4.42. The van der Waals surface area contributed by atoms with Crippen LogP contribution in [0.1, 0.15) is 32.6 Å². The van der Waals surface area contributed by atoms with Gasteiger partial charge in [-0.25, -0.2) is 4.79 Å². The van der Waals surface area contributed by atoms with Gasteiger partial charge in [0.2, 0.25) is 5.91 Å². The van der Waals surface area contributed by atoms with Crippen LogP contribution in [0.25, 0.3) is 0 Å². The Morgan fingerprint density at radius 2 is 2.00 bits per heavy atom. The van der Waals surface area contributed by atoms with Crippen molar-refractivity contribution in [2.24, 2.45) is 5.41 Å². The van der Waals surface area contributed by atoms with Crippen LogP contribution in [-0.2, 0) is 14.3 Å². The molecular weight excluding hydrogens is 280 g/mol. The van der Waals surface area contributed by atoms with Gasteiger partial charge in [-0.3, -0.25) is 14.9 Å². The smallest absolute Gasteiger partial charge is 0.321 e. The Balaban J connectivity index is 2.16. The average Bonchev–Trinajstić information content (AvgIpc) is 3.15. The van der Waals surface area contributed by atoms with Gasteiger partial charge >= 0.3 is 12.0 Å². The van der Waals surface area contributed by atoms with E-state index in [1.165, 1.54) is 18.9 Å².